The quantitative estimate of drug-likeness (QED) is 0.470. The van der Waals surface area contributed by atoms with Gasteiger partial charge in [-0.3, -0.25) is 14.4 Å². The summed E-state index contributed by atoms with van der Waals surface area (Å²) < 4.78 is 0. The molecule has 2 fully saturated rings. The first kappa shape index (κ1) is 9.09. The molecule has 80 valence electrons. The van der Waals surface area contributed by atoms with Crippen molar-refractivity contribution in [1.82, 2.24) is 5.06 Å². The molecule has 4 aliphatic rings. The van der Waals surface area contributed by atoms with Gasteiger partial charge >= 0.3 is 0 Å². The van der Waals surface area contributed by atoms with E-state index in [1.165, 1.54) is 7.11 Å². The van der Waals surface area contributed by atoms with Crippen LogP contribution in [0.2, 0.25) is 0 Å². The summed E-state index contributed by atoms with van der Waals surface area (Å²) in [5, 5.41) is 0.952. The molecule has 4 heteroatoms. The van der Waals surface area contributed by atoms with Crippen LogP contribution in [-0.4, -0.2) is 24.0 Å². The molecule has 1 saturated carbocycles. The Labute approximate surface area is 87.8 Å². The first-order valence-corrected chi connectivity index (χ1v) is 5.34. The minimum absolute atomic E-state index is 0.147. The lowest BCUT2D eigenvalue weighted by molar-refractivity contribution is -0.181. The Morgan fingerprint density at radius 1 is 1.13 bits per heavy atom. The van der Waals surface area contributed by atoms with Gasteiger partial charge in [0.1, 0.15) is 0 Å². The lowest BCUT2D eigenvalue weighted by Crippen LogP contribution is -2.38. The molecule has 4 nitrogen and oxygen atoms in total. The number of hydrogen-bond donors (Lipinski definition) is 0. The van der Waals surface area contributed by atoms with Gasteiger partial charge in [-0.2, -0.15) is 5.06 Å². The lowest BCUT2D eigenvalue weighted by atomic mass is 9.63. The smallest absolute Gasteiger partial charge is 0.258 e. The molecular formula is C11H13NO3. The molecule has 4 rings (SSSR count). The molecule has 0 radical (unpaired) electrons. The minimum Gasteiger partial charge on any atom is -0.272 e. The van der Waals surface area contributed by atoms with Crippen LogP contribution >= 0.6 is 0 Å². The summed E-state index contributed by atoms with van der Waals surface area (Å²) in [6, 6.07) is 0. The molecule has 1 heterocycles. The van der Waals surface area contributed by atoms with E-state index in [1.54, 1.807) is 0 Å². The molecule has 15 heavy (non-hydrogen) atoms. The highest BCUT2D eigenvalue weighted by Crippen LogP contribution is 2.49. The topological polar surface area (TPSA) is 46.6 Å². The molecule has 4 atom stereocenters. The Hall–Kier alpha value is -1.16. The largest absolute Gasteiger partial charge is 0.272 e. The van der Waals surface area contributed by atoms with Gasteiger partial charge in [0.05, 0.1) is 18.9 Å². The number of imide groups is 1. The number of allylic oxidation sites excluding steroid dienone is 2. The fraction of sp³-hybridized carbons (Fsp3) is 0.636. The van der Waals surface area contributed by atoms with Gasteiger partial charge in [-0.05, 0) is 24.7 Å². The maximum atomic E-state index is 11.9. The zero-order chi connectivity index (χ0) is 10.6. The highest BCUT2D eigenvalue weighted by atomic mass is 16.7. The summed E-state index contributed by atoms with van der Waals surface area (Å²) in [6.45, 7) is 0. The van der Waals surface area contributed by atoms with Crippen LogP contribution in [0.3, 0.4) is 0 Å². The van der Waals surface area contributed by atoms with Crippen LogP contribution in [0, 0.1) is 23.7 Å². The van der Waals surface area contributed by atoms with E-state index in [9.17, 15) is 9.59 Å². The standard InChI is InChI=1S/C11H13NO3/c1-15-12-10(13)8-6-2-3-7(5-4-6)9(8)11(12)14/h2-3,6-9H,4-5H2,1H3. The van der Waals surface area contributed by atoms with Gasteiger partial charge in [-0.15, -0.1) is 0 Å². The summed E-state index contributed by atoms with van der Waals surface area (Å²) in [5.41, 5.74) is 0. The maximum Gasteiger partial charge on any atom is 0.258 e. The average Bonchev–Trinajstić information content (AvgIpc) is 2.55. The number of nitrogens with zero attached hydrogens (tertiary/aromatic N) is 1. The molecule has 4 unspecified atom stereocenters. The minimum atomic E-state index is -0.152. The summed E-state index contributed by atoms with van der Waals surface area (Å²) in [4.78, 5) is 28.7. The van der Waals surface area contributed by atoms with Crippen LogP contribution in [0.1, 0.15) is 12.8 Å². The molecule has 0 aromatic carbocycles. The number of rotatable bonds is 1. The van der Waals surface area contributed by atoms with E-state index in [1.807, 2.05) is 0 Å². The van der Waals surface area contributed by atoms with Crippen LogP contribution < -0.4 is 0 Å². The van der Waals surface area contributed by atoms with Gasteiger partial charge in [0.2, 0.25) is 0 Å². The van der Waals surface area contributed by atoms with Crippen LogP contribution in [0.15, 0.2) is 12.2 Å². The normalized spacial score (nSPS) is 42.6. The van der Waals surface area contributed by atoms with Gasteiger partial charge in [0.15, 0.2) is 0 Å². The van der Waals surface area contributed by atoms with Gasteiger partial charge in [0, 0.05) is 0 Å². The number of hydroxylamine groups is 2. The summed E-state index contributed by atoms with van der Waals surface area (Å²) in [5.74, 6) is -0.103. The van der Waals surface area contributed by atoms with E-state index in [4.69, 9.17) is 4.84 Å². The molecule has 0 aromatic heterocycles. The molecule has 0 aromatic rings. The van der Waals surface area contributed by atoms with Gasteiger partial charge < -0.3 is 0 Å². The highest BCUT2D eigenvalue weighted by Gasteiger charge is 2.57. The maximum absolute atomic E-state index is 11.9. The number of carbonyl (C=O) groups is 2. The number of hydrogen-bond acceptors (Lipinski definition) is 3. The van der Waals surface area contributed by atoms with Gasteiger partial charge in [-0.1, -0.05) is 12.2 Å². The third kappa shape index (κ3) is 1.00. The Kier molecular flexibility index (Phi) is 1.77. The van der Waals surface area contributed by atoms with E-state index in [2.05, 4.69) is 12.2 Å². The molecule has 1 saturated heterocycles. The van der Waals surface area contributed by atoms with Crippen LogP contribution in [0.4, 0.5) is 0 Å². The Balaban J connectivity index is 2.02. The molecule has 1 aliphatic heterocycles. The van der Waals surface area contributed by atoms with Gasteiger partial charge in [-0.25, -0.2) is 0 Å². The zero-order valence-electron chi connectivity index (χ0n) is 8.55. The van der Waals surface area contributed by atoms with E-state index in [-0.39, 0.29) is 35.5 Å². The predicted octanol–water partition coefficient (Wildman–Crippen LogP) is 0.745. The van der Waals surface area contributed by atoms with Crippen molar-refractivity contribution in [2.24, 2.45) is 23.7 Å². The van der Waals surface area contributed by atoms with Crippen molar-refractivity contribution in [3.05, 3.63) is 12.2 Å². The van der Waals surface area contributed by atoms with Crippen molar-refractivity contribution < 1.29 is 14.4 Å². The number of carbonyl (C=O) groups excluding carboxylic acids is 2. The van der Waals surface area contributed by atoms with Crippen molar-refractivity contribution >= 4 is 11.8 Å². The number of fused-ring (bicyclic) bond motifs is 1. The third-order valence-electron chi connectivity index (χ3n) is 3.90. The second kappa shape index (κ2) is 2.92. The van der Waals surface area contributed by atoms with Gasteiger partial charge in [0.25, 0.3) is 11.8 Å². The molecule has 3 aliphatic carbocycles. The van der Waals surface area contributed by atoms with E-state index < -0.39 is 0 Å². The van der Waals surface area contributed by atoms with Crippen LogP contribution in [0.5, 0.6) is 0 Å². The van der Waals surface area contributed by atoms with Crippen molar-refractivity contribution in [3.63, 3.8) is 0 Å². The van der Waals surface area contributed by atoms with Crippen LogP contribution in [0.25, 0.3) is 0 Å². The average molecular weight is 207 g/mol. The van der Waals surface area contributed by atoms with E-state index in [0.717, 1.165) is 17.9 Å². The second-order valence-electron chi connectivity index (χ2n) is 4.49. The molecule has 2 bridgehead atoms. The zero-order valence-corrected chi connectivity index (χ0v) is 8.55. The monoisotopic (exact) mass is 207 g/mol. The molecule has 0 N–H and O–H groups in total. The molecule has 2 amide bonds. The summed E-state index contributed by atoms with van der Waals surface area (Å²) in [6.07, 6.45) is 6.25. The van der Waals surface area contributed by atoms with Crippen molar-refractivity contribution in [2.45, 2.75) is 12.8 Å². The van der Waals surface area contributed by atoms with Crippen molar-refractivity contribution in [3.8, 4) is 0 Å². The summed E-state index contributed by atoms with van der Waals surface area (Å²) >= 11 is 0. The van der Waals surface area contributed by atoms with Crippen LogP contribution in [-0.2, 0) is 14.4 Å². The van der Waals surface area contributed by atoms with E-state index >= 15 is 0 Å². The van der Waals surface area contributed by atoms with Crippen molar-refractivity contribution in [2.75, 3.05) is 7.11 Å². The lowest BCUT2D eigenvalue weighted by Gasteiger charge is -2.37. The first-order valence-electron chi connectivity index (χ1n) is 5.34. The molecule has 0 spiro atoms. The predicted molar refractivity (Wildman–Crippen MR) is 51.2 cm³/mol. The fourth-order valence-corrected chi connectivity index (χ4v) is 3.23. The SMILES string of the molecule is CON1C(=O)C2C3C=CC(CC3)C2C1=O. The Morgan fingerprint density at radius 3 is 1.93 bits per heavy atom. The van der Waals surface area contributed by atoms with Crippen molar-refractivity contribution in [1.29, 1.82) is 0 Å². The highest BCUT2D eigenvalue weighted by molar-refractivity contribution is 6.04. The van der Waals surface area contributed by atoms with E-state index in [0.29, 0.717) is 0 Å². The molecular weight excluding hydrogens is 194 g/mol. The Bertz CT molecular complexity index is 331. The Morgan fingerprint density at radius 2 is 1.60 bits per heavy atom. The number of amides is 2. The first-order chi connectivity index (χ1) is 7.24. The summed E-state index contributed by atoms with van der Waals surface area (Å²) in [7, 11) is 1.38. The third-order valence-corrected chi connectivity index (χ3v) is 3.90. The fourth-order valence-electron chi connectivity index (χ4n) is 3.23. The second-order valence-corrected chi connectivity index (χ2v) is 4.49.